The molecule has 2 fully saturated rings. The zero-order chi connectivity index (χ0) is 25.4. The van der Waals surface area contributed by atoms with E-state index in [0.29, 0.717) is 18.1 Å². The summed E-state index contributed by atoms with van der Waals surface area (Å²) in [5, 5.41) is 10.2. The van der Waals surface area contributed by atoms with Gasteiger partial charge in [-0.05, 0) is 92.0 Å². The van der Waals surface area contributed by atoms with Gasteiger partial charge in [0.2, 0.25) is 0 Å². The molecule has 2 aromatic carbocycles. The second-order valence-electron chi connectivity index (χ2n) is 11.2. The Hall–Kier alpha value is -2.60. The highest BCUT2D eigenvalue weighted by Crippen LogP contribution is 2.51. The van der Waals surface area contributed by atoms with Crippen LogP contribution < -0.4 is 4.74 Å². The standard InChI is InChI=1S/C33H43NO2/c1-3-5-6-22-36-31-16-13-27(14-17-31)25-8-10-26(11-9-25)28-18-20-33(24-34,21-19-28)30-15-12-29(7-4-2)32(35)23-30/h8-11,13-14,16-17,28-30H,3-7,12,15,18-23H2,1-2H3/t28-,29-,30-,33+/m1/s1. The number of carbonyl (C=O) groups excluding carboxylic acids is 1. The Kier molecular flexibility index (Phi) is 9.24. The Morgan fingerprint density at radius 3 is 2.14 bits per heavy atom. The highest BCUT2D eigenvalue weighted by Gasteiger charge is 2.45. The van der Waals surface area contributed by atoms with Gasteiger partial charge in [0.25, 0.3) is 0 Å². The molecule has 2 aromatic rings. The van der Waals surface area contributed by atoms with E-state index in [1.165, 1.54) is 29.5 Å². The molecule has 0 aromatic heterocycles. The van der Waals surface area contributed by atoms with Crippen molar-refractivity contribution in [3.05, 3.63) is 54.1 Å². The van der Waals surface area contributed by atoms with Crippen molar-refractivity contribution in [1.29, 1.82) is 5.26 Å². The molecule has 192 valence electrons. The van der Waals surface area contributed by atoms with Gasteiger partial charge in [0.15, 0.2) is 0 Å². The summed E-state index contributed by atoms with van der Waals surface area (Å²) < 4.78 is 5.85. The van der Waals surface area contributed by atoms with Gasteiger partial charge in [0.05, 0.1) is 18.1 Å². The molecule has 36 heavy (non-hydrogen) atoms. The normalized spacial score (nSPS) is 26.4. The van der Waals surface area contributed by atoms with Crippen LogP contribution in [0.15, 0.2) is 48.5 Å². The molecule has 3 nitrogen and oxygen atoms in total. The van der Waals surface area contributed by atoms with Crippen LogP contribution in [0.25, 0.3) is 11.1 Å². The maximum absolute atomic E-state index is 12.7. The first-order valence-corrected chi connectivity index (χ1v) is 14.4. The quantitative estimate of drug-likeness (QED) is 0.316. The summed E-state index contributed by atoms with van der Waals surface area (Å²) in [4.78, 5) is 12.7. The van der Waals surface area contributed by atoms with Gasteiger partial charge in [0.1, 0.15) is 11.5 Å². The largest absolute Gasteiger partial charge is 0.494 e. The van der Waals surface area contributed by atoms with Gasteiger partial charge in [-0.2, -0.15) is 5.26 Å². The minimum absolute atomic E-state index is 0.242. The number of ether oxygens (including phenoxy) is 1. The van der Waals surface area contributed by atoms with Crippen molar-refractivity contribution in [3.8, 4) is 22.9 Å². The van der Waals surface area contributed by atoms with E-state index in [9.17, 15) is 10.1 Å². The predicted molar refractivity (Wildman–Crippen MR) is 147 cm³/mol. The highest BCUT2D eigenvalue weighted by molar-refractivity contribution is 5.82. The summed E-state index contributed by atoms with van der Waals surface area (Å²) in [5.41, 5.74) is 3.51. The van der Waals surface area contributed by atoms with Gasteiger partial charge < -0.3 is 4.74 Å². The van der Waals surface area contributed by atoms with Crippen molar-refractivity contribution in [2.24, 2.45) is 17.3 Å². The maximum atomic E-state index is 12.7. The summed E-state index contributed by atoms with van der Waals surface area (Å²) in [7, 11) is 0. The Bertz CT molecular complexity index is 1010. The number of rotatable bonds is 10. The van der Waals surface area contributed by atoms with Crippen LogP contribution in [0.2, 0.25) is 0 Å². The lowest BCUT2D eigenvalue weighted by molar-refractivity contribution is -0.128. The van der Waals surface area contributed by atoms with Crippen LogP contribution in [0, 0.1) is 28.6 Å². The third kappa shape index (κ3) is 6.20. The third-order valence-corrected chi connectivity index (χ3v) is 8.87. The Balaban J connectivity index is 1.32. The predicted octanol–water partition coefficient (Wildman–Crippen LogP) is 8.88. The summed E-state index contributed by atoms with van der Waals surface area (Å²) in [5.74, 6) is 2.36. The van der Waals surface area contributed by atoms with Gasteiger partial charge >= 0.3 is 0 Å². The fraction of sp³-hybridized carbons (Fsp3) is 0.576. The van der Waals surface area contributed by atoms with Crippen LogP contribution in [0.3, 0.4) is 0 Å². The number of hydrogen-bond acceptors (Lipinski definition) is 3. The van der Waals surface area contributed by atoms with Crippen molar-refractivity contribution in [1.82, 2.24) is 0 Å². The fourth-order valence-corrected chi connectivity index (χ4v) is 6.51. The molecule has 0 amide bonds. The van der Waals surface area contributed by atoms with E-state index in [0.717, 1.165) is 70.1 Å². The summed E-state index contributed by atoms with van der Waals surface area (Å²) in [6.45, 7) is 5.15. The molecule has 0 aliphatic heterocycles. The average Bonchev–Trinajstić information content (AvgIpc) is 2.93. The van der Waals surface area contributed by atoms with Crippen LogP contribution >= 0.6 is 0 Å². The van der Waals surface area contributed by atoms with E-state index in [2.05, 4.69) is 68.4 Å². The molecule has 0 heterocycles. The maximum Gasteiger partial charge on any atom is 0.136 e. The van der Waals surface area contributed by atoms with E-state index in [-0.39, 0.29) is 17.3 Å². The minimum Gasteiger partial charge on any atom is -0.494 e. The molecule has 0 bridgehead atoms. The van der Waals surface area contributed by atoms with Crippen molar-refractivity contribution >= 4 is 5.78 Å². The number of unbranched alkanes of at least 4 members (excludes halogenated alkanes) is 2. The minimum atomic E-state index is -0.302. The molecule has 3 heteroatoms. The smallest absolute Gasteiger partial charge is 0.136 e. The lowest BCUT2D eigenvalue weighted by atomic mass is 9.59. The number of Topliss-reactive ketones (excluding diaryl/α,β-unsaturated/α-hetero) is 1. The van der Waals surface area contributed by atoms with Gasteiger partial charge in [0, 0.05) is 12.3 Å². The van der Waals surface area contributed by atoms with E-state index in [1.807, 2.05) is 0 Å². The fourth-order valence-electron chi connectivity index (χ4n) is 6.51. The molecule has 0 saturated heterocycles. The van der Waals surface area contributed by atoms with Crippen molar-refractivity contribution in [3.63, 3.8) is 0 Å². The molecule has 2 aliphatic rings. The molecule has 2 atom stereocenters. The van der Waals surface area contributed by atoms with Crippen LogP contribution in [0.1, 0.15) is 102 Å². The summed E-state index contributed by atoms with van der Waals surface area (Å²) in [6.07, 6.45) is 12.2. The molecular formula is C33H43NO2. The summed E-state index contributed by atoms with van der Waals surface area (Å²) in [6, 6.07) is 20.1. The third-order valence-electron chi connectivity index (χ3n) is 8.87. The van der Waals surface area contributed by atoms with Gasteiger partial charge in [-0.25, -0.2) is 0 Å². The Morgan fingerprint density at radius 2 is 1.56 bits per heavy atom. The SMILES string of the molecule is CCCCCOc1ccc(-c2ccc([C@H]3CC[C@@](C#N)([C@@H]4CC[C@@H](CCC)C(=O)C4)CC3)cc2)cc1. The molecule has 0 spiro atoms. The van der Waals surface area contributed by atoms with Crippen molar-refractivity contribution in [2.75, 3.05) is 6.61 Å². The van der Waals surface area contributed by atoms with Crippen LogP contribution in [-0.2, 0) is 4.79 Å². The molecule has 2 aliphatic carbocycles. The number of nitriles is 1. The first kappa shape index (κ1) is 26.5. The van der Waals surface area contributed by atoms with Gasteiger partial charge in [-0.3, -0.25) is 4.79 Å². The number of carbonyl (C=O) groups is 1. The van der Waals surface area contributed by atoms with E-state index in [1.54, 1.807) is 0 Å². The molecule has 0 radical (unpaired) electrons. The average molecular weight is 486 g/mol. The second kappa shape index (κ2) is 12.6. The molecule has 2 saturated carbocycles. The van der Waals surface area contributed by atoms with Crippen LogP contribution in [0.5, 0.6) is 5.75 Å². The second-order valence-corrected chi connectivity index (χ2v) is 11.2. The first-order chi connectivity index (χ1) is 17.6. The zero-order valence-corrected chi connectivity index (χ0v) is 22.3. The van der Waals surface area contributed by atoms with E-state index >= 15 is 0 Å². The van der Waals surface area contributed by atoms with Crippen LogP contribution in [0.4, 0.5) is 0 Å². The van der Waals surface area contributed by atoms with Crippen molar-refractivity contribution < 1.29 is 9.53 Å². The van der Waals surface area contributed by atoms with E-state index < -0.39 is 0 Å². The Labute approximate surface area is 218 Å². The van der Waals surface area contributed by atoms with Crippen molar-refractivity contribution in [2.45, 2.75) is 96.8 Å². The Morgan fingerprint density at radius 1 is 0.889 bits per heavy atom. The first-order valence-electron chi connectivity index (χ1n) is 14.4. The lowest BCUT2D eigenvalue weighted by Crippen LogP contribution is -2.38. The molecule has 0 N–H and O–H groups in total. The van der Waals surface area contributed by atoms with E-state index in [4.69, 9.17) is 4.74 Å². The topological polar surface area (TPSA) is 50.1 Å². The van der Waals surface area contributed by atoms with Gasteiger partial charge in [-0.15, -0.1) is 0 Å². The number of hydrogen-bond donors (Lipinski definition) is 0. The number of nitrogens with zero attached hydrogens (tertiary/aromatic N) is 1. The molecular weight excluding hydrogens is 442 g/mol. The zero-order valence-electron chi connectivity index (χ0n) is 22.3. The monoisotopic (exact) mass is 485 g/mol. The van der Waals surface area contributed by atoms with Gasteiger partial charge in [-0.1, -0.05) is 69.5 Å². The lowest BCUT2D eigenvalue weighted by Gasteiger charge is -2.43. The molecule has 4 rings (SSSR count). The molecule has 0 unspecified atom stereocenters. The number of ketones is 1. The highest BCUT2D eigenvalue weighted by atomic mass is 16.5. The number of benzene rings is 2. The van der Waals surface area contributed by atoms with Crippen LogP contribution in [-0.4, -0.2) is 12.4 Å². The summed E-state index contributed by atoms with van der Waals surface area (Å²) >= 11 is 0.